The molecule has 0 spiro atoms. The first kappa shape index (κ1) is 22.3. The second-order valence-corrected chi connectivity index (χ2v) is 8.63. The Morgan fingerprint density at radius 2 is 1.97 bits per heavy atom. The van der Waals surface area contributed by atoms with Crippen molar-refractivity contribution in [3.8, 4) is 0 Å². The number of nitrogens with zero attached hydrogens (tertiary/aromatic N) is 1. The van der Waals surface area contributed by atoms with Gasteiger partial charge in [0.1, 0.15) is 16.9 Å². The van der Waals surface area contributed by atoms with Gasteiger partial charge in [-0.1, -0.05) is 25.8 Å². The van der Waals surface area contributed by atoms with Crippen LogP contribution in [0.15, 0.2) is 51.8 Å². The van der Waals surface area contributed by atoms with Crippen LogP contribution in [0, 0.1) is 17.0 Å². The molecule has 0 aliphatic heterocycles. The van der Waals surface area contributed by atoms with Crippen molar-refractivity contribution in [3.63, 3.8) is 0 Å². The van der Waals surface area contributed by atoms with Gasteiger partial charge < -0.3 is 9.15 Å². The zero-order valence-electron chi connectivity index (χ0n) is 17.1. The van der Waals surface area contributed by atoms with Gasteiger partial charge in [0.25, 0.3) is 15.7 Å². The highest BCUT2D eigenvalue weighted by Crippen LogP contribution is 2.30. The predicted octanol–water partition coefficient (Wildman–Crippen LogP) is 4.80. The molecule has 0 aliphatic carbocycles. The highest BCUT2D eigenvalue weighted by molar-refractivity contribution is 7.92. The van der Waals surface area contributed by atoms with E-state index in [1.807, 2.05) is 6.92 Å². The van der Waals surface area contributed by atoms with Gasteiger partial charge in [0.05, 0.1) is 16.4 Å². The summed E-state index contributed by atoms with van der Waals surface area (Å²) in [6.07, 6.45) is 2.70. The lowest BCUT2D eigenvalue weighted by molar-refractivity contribution is -0.385. The Morgan fingerprint density at radius 3 is 2.68 bits per heavy atom. The van der Waals surface area contributed by atoms with Crippen molar-refractivity contribution in [2.45, 2.75) is 38.0 Å². The summed E-state index contributed by atoms with van der Waals surface area (Å²) in [7, 11) is -4.09. The molecule has 2 aromatic carbocycles. The smallest absolute Gasteiger partial charge is 0.342 e. The van der Waals surface area contributed by atoms with E-state index < -0.39 is 20.9 Å². The van der Waals surface area contributed by atoms with E-state index in [4.69, 9.17) is 9.15 Å². The standard InChI is InChI=1S/C21H22N2O7S/c1-3-4-5-11-29-21(24)20-14(2)30-19-10-9-15(12-18(19)20)22-31(27,28)17-8-6-7-16(13-17)23(25)26/h6-10,12-13,22H,3-5,11H2,1-2H3. The summed E-state index contributed by atoms with van der Waals surface area (Å²) in [5.41, 5.74) is 0.496. The number of carbonyl (C=O) groups excluding carboxylic acids is 1. The number of anilines is 1. The number of sulfonamides is 1. The quantitative estimate of drug-likeness (QED) is 0.216. The van der Waals surface area contributed by atoms with Crippen LogP contribution in [0.1, 0.15) is 42.3 Å². The van der Waals surface area contributed by atoms with Gasteiger partial charge in [-0.15, -0.1) is 0 Å². The number of nitro benzene ring substituents is 1. The molecule has 0 saturated heterocycles. The number of nitrogens with one attached hydrogen (secondary N) is 1. The molecular formula is C21H22N2O7S. The van der Waals surface area contributed by atoms with Crippen LogP contribution in [0.25, 0.3) is 11.0 Å². The van der Waals surface area contributed by atoms with Crippen LogP contribution in [-0.2, 0) is 14.8 Å². The topological polar surface area (TPSA) is 129 Å². The van der Waals surface area contributed by atoms with E-state index in [2.05, 4.69) is 4.72 Å². The van der Waals surface area contributed by atoms with E-state index >= 15 is 0 Å². The maximum atomic E-state index is 12.7. The highest BCUT2D eigenvalue weighted by atomic mass is 32.2. The zero-order chi connectivity index (χ0) is 22.6. The summed E-state index contributed by atoms with van der Waals surface area (Å²) in [6, 6.07) is 9.23. The van der Waals surface area contributed by atoms with Crippen molar-refractivity contribution in [1.82, 2.24) is 0 Å². The minimum atomic E-state index is -4.09. The molecule has 1 N–H and O–H groups in total. The maximum absolute atomic E-state index is 12.7. The Morgan fingerprint density at radius 1 is 1.19 bits per heavy atom. The number of benzene rings is 2. The molecule has 0 unspecified atom stereocenters. The third-order valence-electron chi connectivity index (χ3n) is 4.64. The average molecular weight is 446 g/mol. The Hall–Kier alpha value is -3.40. The number of rotatable bonds is 9. The molecule has 0 aliphatic rings. The minimum absolute atomic E-state index is 0.180. The second kappa shape index (κ2) is 9.17. The van der Waals surface area contributed by atoms with Crippen molar-refractivity contribution in [2.24, 2.45) is 0 Å². The number of esters is 1. The number of non-ortho nitro benzene ring substituents is 1. The van der Waals surface area contributed by atoms with E-state index in [9.17, 15) is 23.3 Å². The summed E-state index contributed by atoms with van der Waals surface area (Å²) in [4.78, 5) is 22.6. The third kappa shape index (κ3) is 5.02. The van der Waals surface area contributed by atoms with Gasteiger partial charge in [-0.3, -0.25) is 14.8 Å². The fraction of sp³-hybridized carbons (Fsp3) is 0.286. The van der Waals surface area contributed by atoms with Crippen LogP contribution in [-0.4, -0.2) is 25.9 Å². The van der Waals surface area contributed by atoms with Gasteiger partial charge in [-0.05, 0) is 37.6 Å². The third-order valence-corrected chi connectivity index (χ3v) is 6.02. The summed E-state index contributed by atoms with van der Waals surface area (Å²) < 4.78 is 38.7. The van der Waals surface area contributed by atoms with E-state index in [1.54, 1.807) is 13.0 Å². The molecule has 10 heteroatoms. The fourth-order valence-electron chi connectivity index (χ4n) is 3.10. The fourth-order valence-corrected chi connectivity index (χ4v) is 4.19. The number of ether oxygens (including phenoxy) is 1. The maximum Gasteiger partial charge on any atom is 0.342 e. The molecule has 3 aromatic rings. The highest BCUT2D eigenvalue weighted by Gasteiger charge is 2.22. The van der Waals surface area contributed by atoms with Crippen LogP contribution < -0.4 is 4.72 Å². The molecule has 9 nitrogen and oxygen atoms in total. The molecule has 0 radical (unpaired) electrons. The van der Waals surface area contributed by atoms with Crippen LogP contribution in [0.4, 0.5) is 11.4 Å². The molecule has 0 fully saturated rings. The Balaban J connectivity index is 1.89. The molecule has 0 atom stereocenters. The van der Waals surface area contributed by atoms with Crippen LogP contribution in [0.3, 0.4) is 0 Å². The number of carbonyl (C=O) groups is 1. The molecule has 3 rings (SSSR count). The zero-order valence-corrected chi connectivity index (χ0v) is 17.9. The number of nitro groups is 1. The van der Waals surface area contributed by atoms with Gasteiger partial charge in [-0.25, -0.2) is 13.2 Å². The second-order valence-electron chi connectivity index (χ2n) is 6.95. The normalized spacial score (nSPS) is 11.4. The minimum Gasteiger partial charge on any atom is -0.462 e. The average Bonchev–Trinajstić information content (AvgIpc) is 3.06. The van der Waals surface area contributed by atoms with Crippen LogP contribution in [0.5, 0.6) is 0 Å². The summed E-state index contributed by atoms with van der Waals surface area (Å²) >= 11 is 0. The summed E-state index contributed by atoms with van der Waals surface area (Å²) in [6.45, 7) is 3.97. The lowest BCUT2D eigenvalue weighted by Crippen LogP contribution is -2.13. The number of hydrogen-bond donors (Lipinski definition) is 1. The molecule has 0 saturated carbocycles. The lowest BCUT2D eigenvalue weighted by atomic mass is 10.1. The van der Waals surface area contributed by atoms with Crippen molar-refractivity contribution < 1.29 is 27.3 Å². The first-order valence-corrected chi connectivity index (χ1v) is 11.2. The van der Waals surface area contributed by atoms with Crippen LogP contribution >= 0.6 is 0 Å². The predicted molar refractivity (Wildman–Crippen MR) is 115 cm³/mol. The SMILES string of the molecule is CCCCCOC(=O)c1c(C)oc2ccc(NS(=O)(=O)c3cccc([N+](=O)[O-])c3)cc12. The van der Waals surface area contributed by atoms with Gasteiger partial charge in [-0.2, -0.15) is 0 Å². The first-order valence-electron chi connectivity index (χ1n) is 9.70. The van der Waals surface area contributed by atoms with E-state index in [0.29, 0.717) is 16.7 Å². The van der Waals surface area contributed by atoms with E-state index in [-0.39, 0.29) is 28.4 Å². The Labute approximate surface area is 179 Å². The van der Waals surface area contributed by atoms with E-state index in [1.165, 1.54) is 30.3 Å². The van der Waals surface area contributed by atoms with Crippen molar-refractivity contribution in [3.05, 3.63) is 63.9 Å². The van der Waals surface area contributed by atoms with Crippen molar-refractivity contribution in [1.29, 1.82) is 0 Å². The summed E-state index contributed by atoms with van der Waals surface area (Å²) in [5, 5.41) is 11.4. The van der Waals surface area contributed by atoms with Gasteiger partial charge in [0, 0.05) is 23.2 Å². The van der Waals surface area contributed by atoms with E-state index in [0.717, 1.165) is 25.3 Å². The van der Waals surface area contributed by atoms with Gasteiger partial charge in [0.15, 0.2) is 0 Å². The van der Waals surface area contributed by atoms with Gasteiger partial charge in [0.2, 0.25) is 0 Å². The molecule has 1 aromatic heterocycles. The number of fused-ring (bicyclic) bond motifs is 1. The molecule has 164 valence electrons. The number of aryl methyl sites for hydroxylation is 1. The summed E-state index contributed by atoms with van der Waals surface area (Å²) in [5.74, 6) is -0.166. The van der Waals surface area contributed by atoms with Crippen molar-refractivity contribution >= 4 is 38.3 Å². The lowest BCUT2D eigenvalue weighted by Gasteiger charge is -2.08. The molecule has 0 amide bonds. The largest absolute Gasteiger partial charge is 0.462 e. The number of hydrogen-bond acceptors (Lipinski definition) is 7. The first-order chi connectivity index (χ1) is 14.7. The van der Waals surface area contributed by atoms with Gasteiger partial charge >= 0.3 is 5.97 Å². The Kier molecular flexibility index (Phi) is 6.59. The monoisotopic (exact) mass is 446 g/mol. The van der Waals surface area contributed by atoms with Crippen molar-refractivity contribution in [2.75, 3.05) is 11.3 Å². The molecule has 1 heterocycles. The Bertz CT molecular complexity index is 1230. The molecule has 0 bridgehead atoms. The number of unbranched alkanes of at least 4 members (excludes halogenated alkanes) is 2. The molecule has 31 heavy (non-hydrogen) atoms. The number of furan rings is 1. The van der Waals surface area contributed by atoms with Crippen LogP contribution in [0.2, 0.25) is 0 Å². The molecular weight excluding hydrogens is 424 g/mol.